The fourth-order valence-electron chi connectivity index (χ4n) is 3.84. The standard InChI is InChI=1S/C24H26Cl3N3O6/c25-14-3-1-2-12(6-14)4-5-20(32)13-7-16(26)21(17(27)8-13)23(34)30-19(24(35)36)11-29-22(33)18-9-15(31)10-28-18/h1-3,6-8,15,18-20,28,31-32H,4-5,9-11H2,(H,29,33)(H,30,34)(H,35,36). The van der Waals surface area contributed by atoms with E-state index in [0.29, 0.717) is 23.4 Å². The molecule has 1 aliphatic rings. The minimum atomic E-state index is -1.46. The molecule has 2 aromatic rings. The normalized spacial score (nSPS) is 18.9. The van der Waals surface area contributed by atoms with E-state index in [2.05, 4.69) is 16.0 Å². The molecule has 0 radical (unpaired) electrons. The van der Waals surface area contributed by atoms with E-state index >= 15 is 0 Å². The summed E-state index contributed by atoms with van der Waals surface area (Å²) in [6.07, 6.45) is -0.468. The molecule has 1 heterocycles. The predicted molar refractivity (Wildman–Crippen MR) is 136 cm³/mol. The van der Waals surface area contributed by atoms with Gasteiger partial charge in [0.05, 0.1) is 33.9 Å². The molecule has 3 rings (SSSR count). The lowest BCUT2D eigenvalue weighted by atomic mass is 10.00. The zero-order valence-corrected chi connectivity index (χ0v) is 21.3. The van der Waals surface area contributed by atoms with Gasteiger partial charge in [-0.25, -0.2) is 4.79 Å². The highest BCUT2D eigenvalue weighted by molar-refractivity contribution is 6.39. The number of carbonyl (C=O) groups is 3. The number of rotatable bonds is 10. The number of benzene rings is 2. The van der Waals surface area contributed by atoms with Crippen LogP contribution in [0.15, 0.2) is 36.4 Å². The molecule has 0 spiro atoms. The summed E-state index contributed by atoms with van der Waals surface area (Å²) in [5, 5.41) is 37.6. The first kappa shape index (κ1) is 28.2. The van der Waals surface area contributed by atoms with Gasteiger partial charge in [-0.15, -0.1) is 0 Å². The van der Waals surface area contributed by atoms with Gasteiger partial charge in [-0.1, -0.05) is 46.9 Å². The van der Waals surface area contributed by atoms with Gasteiger partial charge in [-0.3, -0.25) is 9.59 Å². The number of aliphatic carboxylic acids is 1. The summed E-state index contributed by atoms with van der Waals surface area (Å²) in [5.41, 5.74) is 1.19. The molecule has 4 unspecified atom stereocenters. The van der Waals surface area contributed by atoms with E-state index in [9.17, 15) is 29.7 Å². The van der Waals surface area contributed by atoms with E-state index in [1.165, 1.54) is 12.1 Å². The Bertz CT molecular complexity index is 1110. The number of β-amino-alcohol motifs (C(OH)–C–C–N with tert-alkyl or cyclic N) is 1. The number of aliphatic hydroxyl groups is 2. The molecule has 0 aliphatic carbocycles. The quantitative estimate of drug-likeness (QED) is 0.262. The maximum atomic E-state index is 12.8. The average molecular weight is 559 g/mol. The number of hydrogen-bond donors (Lipinski definition) is 6. The van der Waals surface area contributed by atoms with E-state index in [-0.39, 0.29) is 35.1 Å². The molecule has 1 saturated heterocycles. The minimum Gasteiger partial charge on any atom is -0.480 e. The van der Waals surface area contributed by atoms with Crippen LogP contribution in [0.1, 0.15) is 40.4 Å². The van der Waals surface area contributed by atoms with E-state index in [1.54, 1.807) is 12.1 Å². The van der Waals surface area contributed by atoms with Crippen molar-refractivity contribution in [3.8, 4) is 0 Å². The van der Waals surface area contributed by atoms with Crippen LogP contribution >= 0.6 is 34.8 Å². The lowest BCUT2D eigenvalue weighted by molar-refractivity contribution is -0.139. The summed E-state index contributed by atoms with van der Waals surface area (Å²) in [6.45, 7) is -0.122. The maximum Gasteiger partial charge on any atom is 0.328 e. The highest BCUT2D eigenvalue weighted by atomic mass is 35.5. The number of aryl methyl sites for hydroxylation is 1. The van der Waals surface area contributed by atoms with Gasteiger partial charge in [0.25, 0.3) is 5.91 Å². The van der Waals surface area contributed by atoms with E-state index in [1.807, 2.05) is 12.1 Å². The molecule has 4 atom stereocenters. The highest BCUT2D eigenvalue weighted by Gasteiger charge is 2.30. The van der Waals surface area contributed by atoms with Crippen molar-refractivity contribution in [1.82, 2.24) is 16.0 Å². The van der Waals surface area contributed by atoms with Crippen LogP contribution in [-0.4, -0.2) is 64.4 Å². The lowest BCUT2D eigenvalue weighted by Gasteiger charge is -2.19. The predicted octanol–water partition coefficient (Wildman–Crippen LogP) is 2.34. The number of nitrogens with one attached hydrogen (secondary N) is 3. The molecule has 0 aromatic heterocycles. The number of amides is 2. The topological polar surface area (TPSA) is 148 Å². The molecular weight excluding hydrogens is 533 g/mol. The van der Waals surface area contributed by atoms with Crippen molar-refractivity contribution in [3.63, 3.8) is 0 Å². The van der Waals surface area contributed by atoms with Gasteiger partial charge in [0.15, 0.2) is 0 Å². The number of carboxylic acids is 1. The summed E-state index contributed by atoms with van der Waals surface area (Å²) < 4.78 is 0. The lowest BCUT2D eigenvalue weighted by Crippen LogP contribution is -2.51. The highest BCUT2D eigenvalue weighted by Crippen LogP contribution is 2.31. The summed E-state index contributed by atoms with van der Waals surface area (Å²) in [7, 11) is 0. The summed E-state index contributed by atoms with van der Waals surface area (Å²) >= 11 is 18.5. The molecule has 0 bridgehead atoms. The third-order valence-electron chi connectivity index (χ3n) is 5.78. The summed E-state index contributed by atoms with van der Waals surface area (Å²) in [5.74, 6) is -2.70. The Morgan fingerprint density at radius 3 is 2.39 bits per heavy atom. The Hall–Kier alpha value is -2.40. The van der Waals surface area contributed by atoms with Crippen molar-refractivity contribution in [1.29, 1.82) is 0 Å². The monoisotopic (exact) mass is 557 g/mol. The van der Waals surface area contributed by atoms with Crippen molar-refractivity contribution in [2.24, 2.45) is 0 Å². The fourth-order valence-corrected chi connectivity index (χ4v) is 4.73. The molecule has 6 N–H and O–H groups in total. The van der Waals surface area contributed by atoms with Crippen molar-refractivity contribution < 1.29 is 29.7 Å². The Morgan fingerprint density at radius 1 is 1.11 bits per heavy atom. The van der Waals surface area contributed by atoms with Crippen LogP contribution in [-0.2, 0) is 16.0 Å². The van der Waals surface area contributed by atoms with Crippen LogP contribution in [0.5, 0.6) is 0 Å². The van der Waals surface area contributed by atoms with Crippen LogP contribution in [0.2, 0.25) is 15.1 Å². The van der Waals surface area contributed by atoms with E-state index in [0.717, 1.165) is 5.56 Å². The Balaban J connectivity index is 1.63. The fraction of sp³-hybridized carbons (Fsp3) is 0.375. The molecular formula is C24H26Cl3N3O6. The minimum absolute atomic E-state index is 0.0610. The second kappa shape index (κ2) is 12.7. The molecule has 194 valence electrons. The first-order valence-corrected chi connectivity index (χ1v) is 12.3. The molecule has 0 saturated carbocycles. The molecule has 9 nitrogen and oxygen atoms in total. The van der Waals surface area contributed by atoms with Crippen LogP contribution in [0, 0.1) is 0 Å². The second-order valence-corrected chi connectivity index (χ2v) is 9.75. The molecule has 1 fully saturated rings. The largest absolute Gasteiger partial charge is 0.480 e. The summed E-state index contributed by atoms with van der Waals surface area (Å²) in [4.78, 5) is 36.6. The molecule has 12 heteroatoms. The van der Waals surface area contributed by atoms with Crippen LogP contribution < -0.4 is 16.0 Å². The van der Waals surface area contributed by atoms with Gasteiger partial charge in [0.2, 0.25) is 5.91 Å². The van der Waals surface area contributed by atoms with Gasteiger partial charge in [0, 0.05) is 18.1 Å². The van der Waals surface area contributed by atoms with Crippen molar-refractivity contribution in [3.05, 3.63) is 68.2 Å². The zero-order chi connectivity index (χ0) is 26.4. The number of halogens is 3. The van der Waals surface area contributed by atoms with Crippen LogP contribution in [0.3, 0.4) is 0 Å². The molecule has 2 amide bonds. The number of aliphatic hydroxyl groups excluding tert-OH is 2. The van der Waals surface area contributed by atoms with Crippen LogP contribution in [0.4, 0.5) is 0 Å². The van der Waals surface area contributed by atoms with Crippen LogP contribution in [0.25, 0.3) is 0 Å². The van der Waals surface area contributed by atoms with Gasteiger partial charge in [0.1, 0.15) is 6.04 Å². The maximum absolute atomic E-state index is 12.8. The summed E-state index contributed by atoms with van der Waals surface area (Å²) in [6, 6.07) is 7.97. The molecule has 2 aromatic carbocycles. The number of carbonyl (C=O) groups excluding carboxylic acids is 2. The average Bonchev–Trinajstić information content (AvgIpc) is 3.25. The van der Waals surface area contributed by atoms with Crippen molar-refractivity contribution >= 4 is 52.6 Å². The van der Waals surface area contributed by atoms with Gasteiger partial charge in [-0.2, -0.15) is 0 Å². The van der Waals surface area contributed by atoms with Gasteiger partial charge in [-0.05, 0) is 54.7 Å². The molecule has 36 heavy (non-hydrogen) atoms. The Labute approximate surface area is 222 Å². The second-order valence-electron chi connectivity index (χ2n) is 8.50. The zero-order valence-electron chi connectivity index (χ0n) is 19.0. The third kappa shape index (κ3) is 7.55. The smallest absolute Gasteiger partial charge is 0.328 e. The van der Waals surface area contributed by atoms with E-state index in [4.69, 9.17) is 34.8 Å². The van der Waals surface area contributed by atoms with E-state index < -0.39 is 42.1 Å². The molecule has 1 aliphatic heterocycles. The Morgan fingerprint density at radius 2 is 1.81 bits per heavy atom. The van der Waals surface area contributed by atoms with Gasteiger partial charge >= 0.3 is 5.97 Å². The first-order chi connectivity index (χ1) is 17.0. The van der Waals surface area contributed by atoms with Crippen molar-refractivity contribution in [2.75, 3.05) is 13.1 Å². The van der Waals surface area contributed by atoms with Gasteiger partial charge < -0.3 is 31.3 Å². The Kier molecular flexibility index (Phi) is 9.95. The van der Waals surface area contributed by atoms with Crippen molar-refractivity contribution in [2.45, 2.75) is 43.6 Å². The first-order valence-electron chi connectivity index (χ1n) is 11.2. The number of carboxylic acid groups (broad SMARTS) is 1. The number of hydrogen-bond acceptors (Lipinski definition) is 6. The third-order valence-corrected chi connectivity index (χ3v) is 6.61. The SMILES string of the molecule is O=C(NC(CNC(=O)C1CC(O)CN1)C(=O)O)c1c(Cl)cc(C(O)CCc2cccc(Cl)c2)cc1Cl.